The van der Waals surface area contributed by atoms with E-state index in [2.05, 4.69) is 12.1 Å². The molecule has 1 aliphatic rings. The van der Waals surface area contributed by atoms with Crippen molar-refractivity contribution in [1.29, 1.82) is 0 Å². The van der Waals surface area contributed by atoms with E-state index in [4.69, 9.17) is 14.2 Å². The first-order valence-electron chi connectivity index (χ1n) is 9.31. The Kier molecular flexibility index (Phi) is 6.22. The zero-order valence-electron chi connectivity index (χ0n) is 16.2. The van der Waals surface area contributed by atoms with Crippen molar-refractivity contribution < 1.29 is 19.0 Å². The van der Waals surface area contributed by atoms with Crippen molar-refractivity contribution in [3.05, 3.63) is 53.6 Å². The van der Waals surface area contributed by atoms with E-state index >= 15 is 0 Å². The van der Waals surface area contributed by atoms with E-state index in [1.807, 2.05) is 42.2 Å². The number of likely N-dealkylation sites (tertiary alicyclic amines) is 1. The summed E-state index contributed by atoms with van der Waals surface area (Å²) in [6.07, 6.45) is 2.90. The molecule has 5 nitrogen and oxygen atoms in total. The molecular weight excluding hydrogens is 342 g/mol. The molecule has 1 heterocycles. The summed E-state index contributed by atoms with van der Waals surface area (Å²) in [5, 5.41) is 0. The maximum Gasteiger partial charge on any atom is 0.260 e. The van der Waals surface area contributed by atoms with Crippen LogP contribution in [-0.2, 0) is 11.2 Å². The lowest BCUT2D eigenvalue weighted by Crippen LogP contribution is -2.39. The Bertz CT molecular complexity index is 790. The quantitative estimate of drug-likeness (QED) is 0.748. The van der Waals surface area contributed by atoms with Gasteiger partial charge in [0, 0.05) is 12.6 Å². The van der Waals surface area contributed by atoms with Crippen molar-refractivity contribution in [1.82, 2.24) is 4.90 Å². The van der Waals surface area contributed by atoms with E-state index in [1.165, 1.54) is 5.56 Å². The van der Waals surface area contributed by atoms with Crippen LogP contribution in [0.1, 0.15) is 24.0 Å². The summed E-state index contributed by atoms with van der Waals surface area (Å²) in [6, 6.07) is 13.8. The van der Waals surface area contributed by atoms with Gasteiger partial charge in [-0.1, -0.05) is 24.3 Å². The molecule has 0 aromatic heterocycles. The molecule has 1 saturated heterocycles. The number of rotatable bonds is 7. The SMILES string of the molecule is COc1ccc(CC2CCCN2C(=O)COc2ccccc2OC)cc1C. The number of carbonyl (C=O) groups is 1. The number of methoxy groups -OCH3 is 2. The van der Waals surface area contributed by atoms with Crippen LogP contribution in [0, 0.1) is 6.92 Å². The minimum absolute atomic E-state index is 0.0219. The number of carbonyl (C=O) groups excluding carboxylic acids is 1. The van der Waals surface area contributed by atoms with Crippen molar-refractivity contribution in [2.24, 2.45) is 0 Å². The largest absolute Gasteiger partial charge is 0.496 e. The summed E-state index contributed by atoms with van der Waals surface area (Å²) in [7, 11) is 3.28. The molecular formula is C22H27NO4. The second-order valence-electron chi connectivity index (χ2n) is 6.83. The summed E-state index contributed by atoms with van der Waals surface area (Å²) < 4.78 is 16.3. The topological polar surface area (TPSA) is 48.0 Å². The molecule has 27 heavy (non-hydrogen) atoms. The van der Waals surface area contributed by atoms with Gasteiger partial charge in [0.15, 0.2) is 18.1 Å². The second-order valence-corrected chi connectivity index (χ2v) is 6.83. The van der Waals surface area contributed by atoms with Crippen LogP contribution in [-0.4, -0.2) is 44.2 Å². The molecule has 2 aromatic carbocycles. The van der Waals surface area contributed by atoms with Gasteiger partial charge in [0.2, 0.25) is 0 Å². The zero-order chi connectivity index (χ0) is 19.2. The predicted molar refractivity (Wildman–Crippen MR) is 105 cm³/mol. The molecule has 0 saturated carbocycles. The lowest BCUT2D eigenvalue weighted by Gasteiger charge is -2.25. The van der Waals surface area contributed by atoms with Crippen LogP contribution in [0.15, 0.2) is 42.5 Å². The normalized spacial score (nSPS) is 16.3. The minimum Gasteiger partial charge on any atom is -0.496 e. The highest BCUT2D eigenvalue weighted by atomic mass is 16.5. The maximum absolute atomic E-state index is 12.7. The fourth-order valence-electron chi connectivity index (χ4n) is 3.68. The summed E-state index contributed by atoms with van der Waals surface area (Å²) in [4.78, 5) is 14.7. The molecule has 0 N–H and O–H groups in total. The molecule has 0 aliphatic carbocycles. The Balaban J connectivity index is 1.61. The van der Waals surface area contributed by atoms with E-state index in [1.54, 1.807) is 14.2 Å². The Hall–Kier alpha value is -2.69. The highest BCUT2D eigenvalue weighted by Gasteiger charge is 2.29. The van der Waals surface area contributed by atoms with Gasteiger partial charge in [0.25, 0.3) is 5.91 Å². The molecule has 1 unspecified atom stereocenters. The van der Waals surface area contributed by atoms with Crippen LogP contribution in [0.3, 0.4) is 0 Å². The number of hydrogen-bond donors (Lipinski definition) is 0. The van der Waals surface area contributed by atoms with E-state index in [9.17, 15) is 4.79 Å². The first-order chi connectivity index (χ1) is 13.1. The smallest absolute Gasteiger partial charge is 0.260 e. The number of aryl methyl sites for hydroxylation is 1. The molecule has 0 bridgehead atoms. The Labute approximate surface area is 160 Å². The van der Waals surface area contributed by atoms with Gasteiger partial charge in [0.1, 0.15) is 5.75 Å². The first-order valence-corrected chi connectivity index (χ1v) is 9.31. The molecule has 5 heteroatoms. The van der Waals surface area contributed by atoms with Crippen molar-refractivity contribution in [3.8, 4) is 17.2 Å². The van der Waals surface area contributed by atoms with Crippen molar-refractivity contribution in [3.63, 3.8) is 0 Å². The van der Waals surface area contributed by atoms with Gasteiger partial charge < -0.3 is 19.1 Å². The number of ether oxygens (including phenoxy) is 3. The average Bonchev–Trinajstić information content (AvgIpc) is 3.14. The lowest BCUT2D eigenvalue weighted by atomic mass is 10.0. The fourth-order valence-corrected chi connectivity index (χ4v) is 3.68. The lowest BCUT2D eigenvalue weighted by molar-refractivity contribution is -0.134. The number of hydrogen-bond acceptors (Lipinski definition) is 4. The van der Waals surface area contributed by atoms with Crippen LogP contribution in [0.4, 0.5) is 0 Å². The van der Waals surface area contributed by atoms with Crippen LogP contribution < -0.4 is 14.2 Å². The van der Waals surface area contributed by atoms with Gasteiger partial charge in [-0.2, -0.15) is 0 Å². The Morgan fingerprint density at radius 3 is 2.52 bits per heavy atom. The molecule has 1 aliphatic heterocycles. The van der Waals surface area contributed by atoms with Gasteiger partial charge in [0.05, 0.1) is 14.2 Å². The molecule has 144 valence electrons. The van der Waals surface area contributed by atoms with E-state index < -0.39 is 0 Å². The van der Waals surface area contributed by atoms with Crippen LogP contribution >= 0.6 is 0 Å². The summed E-state index contributed by atoms with van der Waals surface area (Å²) in [6.45, 7) is 2.85. The third-order valence-electron chi connectivity index (χ3n) is 5.05. The fraction of sp³-hybridized carbons (Fsp3) is 0.409. The summed E-state index contributed by atoms with van der Waals surface area (Å²) in [5.74, 6) is 2.14. The maximum atomic E-state index is 12.7. The monoisotopic (exact) mass is 369 g/mol. The number of nitrogens with zero attached hydrogens (tertiary/aromatic N) is 1. The van der Waals surface area contributed by atoms with E-state index in [0.717, 1.165) is 37.1 Å². The molecule has 1 amide bonds. The van der Waals surface area contributed by atoms with Crippen LogP contribution in [0.25, 0.3) is 0 Å². The molecule has 2 aromatic rings. The molecule has 1 fully saturated rings. The molecule has 3 rings (SSSR count). The van der Waals surface area contributed by atoms with Gasteiger partial charge in [-0.3, -0.25) is 4.79 Å². The standard InChI is InChI=1S/C22H27NO4/c1-16-13-17(10-11-19(16)25-2)14-18-7-6-12-23(18)22(24)15-27-21-9-5-4-8-20(21)26-3/h4-5,8-11,13,18H,6-7,12,14-15H2,1-3H3. The van der Waals surface area contributed by atoms with Gasteiger partial charge in [-0.05, 0) is 55.5 Å². The number of amides is 1. The number of benzene rings is 2. The molecule has 1 atom stereocenters. The predicted octanol–water partition coefficient (Wildman–Crippen LogP) is 3.62. The first kappa shape index (κ1) is 19.1. The minimum atomic E-state index is 0.0219. The highest BCUT2D eigenvalue weighted by molar-refractivity contribution is 5.78. The zero-order valence-corrected chi connectivity index (χ0v) is 16.2. The van der Waals surface area contributed by atoms with Gasteiger partial charge in [-0.15, -0.1) is 0 Å². The van der Waals surface area contributed by atoms with Crippen molar-refractivity contribution in [2.45, 2.75) is 32.2 Å². The number of para-hydroxylation sites is 2. The van der Waals surface area contributed by atoms with Crippen molar-refractivity contribution in [2.75, 3.05) is 27.4 Å². The Morgan fingerprint density at radius 2 is 1.81 bits per heavy atom. The van der Waals surface area contributed by atoms with Crippen LogP contribution in [0.5, 0.6) is 17.2 Å². The van der Waals surface area contributed by atoms with E-state index in [-0.39, 0.29) is 18.6 Å². The second kappa shape index (κ2) is 8.80. The van der Waals surface area contributed by atoms with Gasteiger partial charge in [-0.25, -0.2) is 0 Å². The average molecular weight is 369 g/mol. The Morgan fingerprint density at radius 1 is 1.07 bits per heavy atom. The van der Waals surface area contributed by atoms with Crippen LogP contribution in [0.2, 0.25) is 0 Å². The summed E-state index contributed by atoms with van der Waals surface area (Å²) >= 11 is 0. The molecule has 0 radical (unpaired) electrons. The van der Waals surface area contributed by atoms with Crippen molar-refractivity contribution >= 4 is 5.91 Å². The highest BCUT2D eigenvalue weighted by Crippen LogP contribution is 2.27. The third kappa shape index (κ3) is 4.54. The third-order valence-corrected chi connectivity index (χ3v) is 5.05. The van der Waals surface area contributed by atoms with E-state index in [0.29, 0.717) is 11.5 Å². The summed E-state index contributed by atoms with van der Waals surface area (Å²) in [5.41, 5.74) is 2.34. The van der Waals surface area contributed by atoms with Gasteiger partial charge >= 0.3 is 0 Å². The molecule has 0 spiro atoms.